The Balaban J connectivity index is 1.85. The molecule has 1 fully saturated rings. The van der Waals surface area contributed by atoms with E-state index < -0.39 is 17.5 Å². The number of amides is 1. The Morgan fingerprint density at radius 3 is 2.57 bits per heavy atom. The van der Waals surface area contributed by atoms with Crippen LogP contribution in [0.15, 0.2) is 18.2 Å². The lowest BCUT2D eigenvalue weighted by Crippen LogP contribution is -2.59. The van der Waals surface area contributed by atoms with Gasteiger partial charge in [0.2, 0.25) is 0 Å². The molecule has 3 N–H and O–H groups in total. The van der Waals surface area contributed by atoms with E-state index in [0.29, 0.717) is 18.7 Å². The quantitative estimate of drug-likeness (QED) is 0.778. The van der Waals surface area contributed by atoms with Crippen molar-refractivity contribution in [2.75, 3.05) is 6.54 Å². The minimum atomic E-state index is -0.526. The van der Waals surface area contributed by atoms with Gasteiger partial charge in [0.1, 0.15) is 17.2 Å². The van der Waals surface area contributed by atoms with Gasteiger partial charge in [0.05, 0.1) is 5.54 Å². The molecule has 0 aromatic heterocycles. The number of nitrogens with one attached hydrogen (secondary N) is 2. The van der Waals surface area contributed by atoms with Crippen LogP contribution >= 0.6 is 0 Å². The van der Waals surface area contributed by atoms with Gasteiger partial charge in [-0.05, 0) is 57.7 Å². The van der Waals surface area contributed by atoms with Crippen molar-refractivity contribution in [1.82, 2.24) is 10.6 Å². The summed E-state index contributed by atoms with van der Waals surface area (Å²) in [5.74, 6) is -0.556. The molecule has 0 spiro atoms. The van der Waals surface area contributed by atoms with E-state index in [9.17, 15) is 14.3 Å². The van der Waals surface area contributed by atoms with Crippen LogP contribution in [0.5, 0.6) is 5.75 Å². The Morgan fingerprint density at radius 2 is 2.04 bits per heavy atom. The van der Waals surface area contributed by atoms with Crippen LogP contribution in [-0.4, -0.2) is 28.9 Å². The number of hydrogen-bond donors (Lipinski definition) is 3. The average Bonchev–Trinajstić information content (AvgIpc) is 2.32. The molecule has 2 rings (SSSR count). The van der Waals surface area contributed by atoms with Gasteiger partial charge in [-0.2, -0.15) is 0 Å². The number of rotatable bonds is 5. The van der Waals surface area contributed by atoms with Crippen LogP contribution < -0.4 is 10.6 Å². The van der Waals surface area contributed by atoms with Gasteiger partial charge < -0.3 is 20.5 Å². The van der Waals surface area contributed by atoms with Gasteiger partial charge in [0.25, 0.3) is 0 Å². The number of phenolic OH excluding ortho intramolecular Hbond substituents is 1. The van der Waals surface area contributed by atoms with Gasteiger partial charge in [-0.3, -0.25) is 0 Å². The maximum atomic E-state index is 13.2. The Morgan fingerprint density at radius 1 is 1.35 bits per heavy atom. The summed E-state index contributed by atoms with van der Waals surface area (Å²) in [4.78, 5) is 11.9. The molecule has 5 nitrogen and oxygen atoms in total. The summed E-state index contributed by atoms with van der Waals surface area (Å²) in [6, 6.07) is 3.97. The highest BCUT2D eigenvalue weighted by molar-refractivity contribution is 5.69. The fourth-order valence-electron chi connectivity index (χ4n) is 2.65. The van der Waals surface area contributed by atoms with Gasteiger partial charge in [-0.1, -0.05) is 0 Å². The number of carbonyl (C=O) groups excluding carboxylic acids is 1. The van der Waals surface area contributed by atoms with Crippen molar-refractivity contribution >= 4 is 6.09 Å². The third-order valence-corrected chi connectivity index (χ3v) is 3.81. The molecule has 1 aromatic rings. The summed E-state index contributed by atoms with van der Waals surface area (Å²) in [6.45, 7) is 6.48. The SMILES string of the molecule is CC(C)(C)OC(=O)NC1(CNCc2cc(O)cc(F)c2)CCC1. The summed E-state index contributed by atoms with van der Waals surface area (Å²) in [6.07, 6.45) is 2.40. The van der Waals surface area contributed by atoms with Gasteiger partial charge in [0.15, 0.2) is 0 Å². The molecule has 0 unspecified atom stereocenters. The van der Waals surface area contributed by atoms with Gasteiger partial charge >= 0.3 is 6.09 Å². The lowest BCUT2D eigenvalue weighted by molar-refractivity contribution is 0.0382. The highest BCUT2D eigenvalue weighted by Gasteiger charge is 2.39. The molecule has 0 radical (unpaired) electrons. The van der Waals surface area contributed by atoms with Gasteiger partial charge in [0, 0.05) is 19.2 Å². The minimum absolute atomic E-state index is 0.0907. The molecule has 23 heavy (non-hydrogen) atoms. The summed E-state index contributed by atoms with van der Waals surface area (Å²) in [7, 11) is 0. The molecular weight excluding hydrogens is 299 g/mol. The first-order valence-electron chi connectivity index (χ1n) is 7.88. The number of benzene rings is 1. The molecule has 1 saturated carbocycles. The Kier molecular flexibility index (Phi) is 5.14. The first kappa shape index (κ1) is 17.5. The van der Waals surface area contributed by atoms with Gasteiger partial charge in [-0.25, -0.2) is 9.18 Å². The number of phenols is 1. The fourth-order valence-corrected chi connectivity index (χ4v) is 2.65. The smallest absolute Gasteiger partial charge is 0.408 e. The largest absolute Gasteiger partial charge is 0.508 e. The highest BCUT2D eigenvalue weighted by atomic mass is 19.1. The van der Waals surface area contributed by atoms with Crippen molar-refractivity contribution < 1.29 is 19.0 Å². The third kappa shape index (κ3) is 5.39. The normalized spacial score (nSPS) is 16.5. The fraction of sp³-hybridized carbons (Fsp3) is 0.588. The van der Waals surface area contributed by atoms with Crippen LogP contribution in [0, 0.1) is 5.82 Å². The minimum Gasteiger partial charge on any atom is -0.508 e. The molecule has 128 valence electrons. The Hall–Kier alpha value is -1.82. The molecule has 0 aliphatic heterocycles. The number of aromatic hydroxyl groups is 1. The van der Waals surface area contributed by atoms with E-state index in [4.69, 9.17) is 4.74 Å². The number of halogens is 1. The molecule has 0 atom stereocenters. The molecule has 1 aliphatic carbocycles. The van der Waals surface area contributed by atoms with Crippen molar-refractivity contribution in [3.8, 4) is 5.75 Å². The maximum Gasteiger partial charge on any atom is 0.408 e. The second kappa shape index (κ2) is 6.74. The Labute approximate surface area is 136 Å². The number of hydrogen-bond acceptors (Lipinski definition) is 4. The number of alkyl carbamates (subject to hydrolysis) is 1. The van der Waals surface area contributed by atoms with E-state index in [1.165, 1.54) is 12.1 Å². The predicted octanol–water partition coefficient (Wildman–Crippen LogP) is 3.07. The second-order valence-electron chi connectivity index (χ2n) is 7.18. The van der Waals surface area contributed by atoms with Crippen LogP contribution in [0.25, 0.3) is 0 Å². The summed E-state index contributed by atoms with van der Waals surface area (Å²) < 4.78 is 18.5. The van der Waals surface area contributed by atoms with Crippen molar-refractivity contribution in [3.05, 3.63) is 29.6 Å². The molecule has 6 heteroatoms. The zero-order chi connectivity index (χ0) is 17.1. The molecule has 1 aromatic carbocycles. The maximum absolute atomic E-state index is 13.2. The van der Waals surface area contributed by atoms with Crippen molar-refractivity contribution in [2.24, 2.45) is 0 Å². The van der Waals surface area contributed by atoms with Crippen LogP contribution in [-0.2, 0) is 11.3 Å². The summed E-state index contributed by atoms with van der Waals surface area (Å²) in [5.41, 5.74) is -0.173. The van der Waals surface area contributed by atoms with Gasteiger partial charge in [-0.15, -0.1) is 0 Å². The predicted molar refractivity (Wildman–Crippen MR) is 85.7 cm³/mol. The van der Waals surface area contributed by atoms with Crippen molar-refractivity contribution in [1.29, 1.82) is 0 Å². The second-order valence-corrected chi connectivity index (χ2v) is 7.18. The van der Waals surface area contributed by atoms with Crippen LogP contribution in [0.1, 0.15) is 45.6 Å². The number of ether oxygens (including phenoxy) is 1. The first-order chi connectivity index (χ1) is 10.7. The first-order valence-corrected chi connectivity index (χ1v) is 7.88. The van der Waals surface area contributed by atoms with Crippen LogP contribution in [0.2, 0.25) is 0 Å². The topological polar surface area (TPSA) is 70.6 Å². The van der Waals surface area contributed by atoms with E-state index in [1.54, 1.807) is 0 Å². The highest BCUT2D eigenvalue weighted by Crippen LogP contribution is 2.31. The standard InChI is InChI=1S/C17H25FN2O3/c1-16(2,3)23-15(22)20-17(5-4-6-17)11-19-10-12-7-13(18)9-14(21)8-12/h7-9,19,21H,4-6,10-11H2,1-3H3,(H,20,22). The summed E-state index contributed by atoms with van der Waals surface area (Å²) >= 11 is 0. The molecule has 0 heterocycles. The van der Waals surface area contributed by atoms with Crippen molar-refractivity contribution in [2.45, 2.75) is 57.7 Å². The third-order valence-electron chi connectivity index (χ3n) is 3.81. The van der Waals surface area contributed by atoms with Crippen LogP contribution in [0.3, 0.4) is 0 Å². The molecule has 1 aliphatic rings. The molecular formula is C17H25FN2O3. The average molecular weight is 324 g/mol. The van der Waals surface area contributed by atoms with E-state index in [2.05, 4.69) is 10.6 Å². The monoisotopic (exact) mass is 324 g/mol. The molecule has 0 saturated heterocycles. The lowest BCUT2D eigenvalue weighted by Gasteiger charge is -2.42. The zero-order valence-corrected chi connectivity index (χ0v) is 13.9. The van der Waals surface area contributed by atoms with Crippen molar-refractivity contribution in [3.63, 3.8) is 0 Å². The molecule has 1 amide bonds. The van der Waals surface area contributed by atoms with Crippen LogP contribution in [0.4, 0.5) is 9.18 Å². The molecule has 0 bridgehead atoms. The van der Waals surface area contributed by atoms with E-state index in [1.807, 2.05) is 20.8 Å². The number of carbonyl (C=O) groups is 1. The zero-order valence-electron chi connectivity index (χ0n) is 13.9. The van der Waals surface area contributed by atoms with E-state index in [0.717, 1.165) is 25.3 Å². The Bertz CT molecular complexity index is 545. The lowest BCUT2D eigenvalue weighted by atomic mass is 9.76. The van der Waals surface area contributed by atoms with E-state index in [-0.39, 0.29) is 11.3 Å². The van der Waals surface area contributed by atoms with E-state index >= 15 is 0 Å². The summed E-state index contributed by atoms with van der Waals surface area (Å²) in [5, 5.41) is 15.6.